The van der Waals surface area contributed by atoms with Crippen LogP contribution in [0, 0.1) is 20.8 Å². The highest BCUT2D eigenvalue weighted by molar-refractivity contribution is 5.95. The van der Waals surface area contributed by atoms with Gasteiger partial charge in [0.2, 0.25) is 0 Å². The zero-order valence-corrected chi connectivity index (χ0v) is 27.0. The Kier molecular flexibility index (Phi) is 8.52. The largest absolute Gasteiger partial charge is 0.489 e. The number of nitrogens with one attached hydrogen (secondary N) is 2. The number of anilines is 4. The molecule has 0 saturated carbocycles. The molecular weight excluding hydrogens is 576 g/mol. The van der Waals surface area contributed by atoms with Gasteiger partial charge in [0.1, 0.15) is 12.4 Å². The second-order valence-electron chi connectivity index (χ2n) is 12.2. The Morgan fingerprint density at radius 2 is 1.04 bits per heavy atom. The quantitative estimate of drug-likeness (QED) is 0.161. The lowest BCUT2D eigenvalue weighted by Gasteiger charge is -2.17. The van der Waals surface area contributed by atoms with E-state index in [2.05, 4.69) is 115 Å². The van der Waals surface area contributed by atoms with Gasteiger partial charge in [0.15, 0.2) is 0 Å². The summed E-state index contributed by atoms with van der Waals surface area (Å²) in [6.45, 7) is 6.73. The summed E-state index contributed by atoms with van der Waals surface area (Å²) >= 11 is 0. The van der Waals surface area contributed by atoms with E-state index in [0.717, 1.165) is 80.1 Å². The van der Waals surface area contributed by atoms with Gasteiger partial charge in [0, 0.05) is 44.9 Å². The fraction of sp³-hybridized carbons (Fsp3) is 0.143. The molecule has 0 saturated heterocycles. The molecule has 0 amide bonds. The molecule has 0 fully saturated rings. The molecule has 5 aromatic carbocycles. The van der Waals surface area contributed by atoms with Gasteiger partial charge < -0.3 is 15.4 Å². The predicted octanol–water partition coefficient (Wildman–Crippen LogP) is 10.6. The van der Waals surface area contributed by atoms with Crippen LogP contribution in [0.5, 0.6) is 5.75 Å². The average Bonchev–Trinajstić information content (AvgIpc) is 3.08. The van der Waals surface area contributed by atoms with E-state index in [-0.39, 0.29) is 0 Å². The van der Waals surface area contributed by atoms with Crippen LogP contribution < -0.4 is 15.4 Å². The Bertz CT molecular complexity index is 2190. The molecule has 47 heavy (non-hydrogen) atoms. The van der Waals surface area contributed by atoms with Crippen LogP contribution >= 0.6 is 0 Å². The lowest BCUT2D eigenvalue weighted by Crippen LogP contribution is -2.02. The summed E-state index contributed by atoms with van der Waals surface area (Å²) < 4.78 is 6.17. The minimum Gasteiger partial charge on any atom is -0.489 e. The van der Waals surface area contributed by atoms with Crippen molar-refractivity contribution in [1.82, 2.24) is 9.97 Å². The first-order chi connectivity index (χ1) is 23.0. The topological polar surface area (TPSA) is 59.1 Å². The first-order valence-corrected chi connectivity index (χ1v) is 16.1. The van der Waals surface area contributed by atoms with Gasteiger partial charge >= 0.3 is 0 Å². The maximum Gasteiger partial charge on any atom is 0.120 e. The van der Waals surface area contributed by atoms with Crippen molar-refractivity contribution in [3.05, 3.63) is 161 Å². The average molecular weight is 615 g/mol. The zero-order valence-electron chi connectivity index (χ0n) is 27.0. The van der Waals surface area contributed by atoms with Crippen molar-refractivity contribution in [3.63, 3.8) is 0 Å². The Morgan fingerprint density at radius 1 is 0.511 bits per heavy atom. The Morgan fingerprint density at radius 3 is 1.66 bits per heavy atom. The van der Waals surface area contributed by atoms with Crippen LogP contribution in [0.1, 0.15) is 33.6 Å². The molecule has 0 aliphatic heterocycles. The smallest absolute Gasteiger partial charge is 0.120 e. The van der Waals surface area contributed by atoms with Gasteiger partial charge in [-0.2, -0.15) is 0 Å². The van der Waals surface area contributed by atoms with Gasteiger partial charge in [0.05, 0.1) is 11.0 Å². The van der Waals surface area contributed by atoms with Crippen LogP contribution in [0.25, 0.3) is 21.8 Å². The van der Waals surface area contributed by atoms with E-state index in [9.17, 15) is 0 Å². The maximum atomic E-state index is 6.17. The molecule has 5 nitrogen and oxygen atoms in total. The molecule has 7 rings (SSSR count). The number of hydrogen-bond donors (Lipinski definition) is 2. The molecule has 0 aliphatic carbocycles. The molecule has 5 heteroatoms. The van der Waals surface area contributed by atoms with Crippen molar-refractivity contribution in [2.24, 2.45) is 0 Å². The van der Waals surface area contributed by atoms with Crippen molar-refractivity contribution in [2.45, 2.75) is 40.2 Å². The normalized spacial score (nSPS) is 11.1. The first-order valence-electron chi connectivity index (χ1n) is 16.1. The Balaban J connectivity index is 1.13. The van der Waals surface area contributed by atoms with E-state index < -0.39 is 0 Å². The van der Waals surface area contributed by atoms with Gasteiger partial charge in [-0.05, 0) is 105 Å². The molecule has 0 atom stereocenters. The van der Waals surface area contributed by atoms with E-state index >= 15 is 0 Å². The van der Waals surface area contributed by atoms with Crippen LogP contribution in [-0.2, 0) is 19.4 Å². The van der Waals surface area contributed by atoms with Gasteiger partial charge in [-0.1, -0.05) is 78.4 Å². The molecule has 2 heterocycles. The van der Waals surface area contributed by atoms with E-state index in [0.29, 0.717) is 6.61 Å². The fourth-order valence-electron chi connectivity index (χ4n) is 6.13. The summed E-state index contributed by atoms with van der Waals surface area (Å²) in [5.74, 6) is 0.819. The molecule has 0 spiro atoms. The van der Waals surface area contributed by atoms with Crippen LogP contribution in [-0.4, -0.2) is 9.97 Å². The Hall–Kier alpha value is -5.68. The third-order valence-corrected chi connectivity index (χ3v) is 8.49. The number of fused-ring (bicyclic) bond motifs is 2. The number of aryl methyl sites for hydroxylation is 5. The van der Waals surface area contributed by atoms with Crippen LogP contribution in [0.3, 0.4) is 0 Å². The summed E-state index contributed by atoms with van der Waals surface area (Å²) in [6, 6.07) is 44.2. The molecule has 2 N–H and O–H groups in total. The standard InChI is InChI=1S/C42H38N4O/c1-28-17-21-39-35(23-28)41(24-29(2)43-39)45-37-15-9-7-13-32(37)18-19-33-14-8-10-16-38(33)46-42-25-30(3)44-40-22-20-34(26-36(40)42)47-27-31-11-5-4-6-12-31/h4-17,20-26H,18-19,27H2,1-3H3,(H,43,45)(H,44,46). The highest BCUT2D eigenvalue weighted by atomic mass is 16.5. The minimum atomic E-state index is 0.518. The lowest BCUT2D eigenvalue weighted by molar-refractivity contribution is 0.306. The molecule has 0 unspecified atom stereocenters. The molecule has 2 aromatic heterocycles. The minimum absolute atomic E-state index is 0.518. The van der Waals surface area contributed by atoms with E-state index in [4.69, 9.17) is 14.7 Å². The van der Waals surface area contributed by atoms with Crippen molar-refractivity contribution < 1.29 is 4.74 Å². The third kappa shape index (κ3) is 6.95. The molecule has 0 aliphatic rings. The maximum absolute atomic E-state index is 6.17. The molecule has 7 aromatic rings. The van der Waals surface area contributed by atoms with Gasteiger partial charge in [0.25, 0.3) is 0 Å². The number of rotatable bonds is 10. The second kappa shape index (κ2) is 13.4. The van der Waals surface area contributed by atoms with Crippen LogP contribution in [0.15, 0.2) is 127 Å². The second-order valence-corrected chi connectivity index (χ2v) is 12.2. The van der Waals surface area contributed by atoms with Crippen molar-refractivity contribution in [3.8, 4) is 5.75 Å². The zero-order chi connectivity index (χ0) is 32.2. The fourth-order valence-corrected chi connectivity index (χ4v) is 6.13. The number of benzene rings is 5. The summed E-state index contributed by atoms with van der Waals surface area (Å²) in [5.41, 5.74) is 13.1. The number of para-hydroxylation sites is 2. The summed E-state index contributed by atoms with van der Waals surface area (Å²) in [6.07, 6.45) is 1.76. The highest BCUT2D eigenvalue weighted by Crippen LogP contribution is 2.33. The molecule has 232 valence electrons. The lowest BCUT2D eigenvalue weighted by atomic mass is 10.0. The number of ether oxygens (including phenoxy) is 1. The monoisotopic (exact) mass is 614 g/mol. The number of pyridine rings is 2. The molecule has 0 bridgehead atoms. The predicted molar refractivity (Wildman–Crippen MR) is 195 cm³/mol. The van der Waals surface area contributed by atoms with E-state index in [1.807, 2.05) is 44.2 Å². The van der Waals surface area contributed by atoms with Gasteiger partial charge in [-0.25, -0.2) is 0 Å². The van der Waals surface area contributed by atoms with E-state index in [1.165, 1.54) is 16.7 Å². The van der Waals surface area contributed by atoms with Crippen molar-refractivity contribution in [1.29, 1.82) is 0 Å². The first kappa shape index (κ1) is 30.0. The number of hydrogen-bond acceptors (Lipinski definition) is 5. The summed E-state index contributed by atoms with van der Waals surface area (Å²) in [7, 11) is 0. The SMILES string of the molecule is Cc1ccc2nc(C)cc(Nc3ccccc3CCc3ccccc3Nc3cc(C)nc4ccc(OCc5ccccc5)cc34)c2c1. The highest BCUT2D eigenvalue weighted by Gasteiger charge is 2.12. The van der Waals surface area contributed by atoms with Gasteiger partial charge in [-0.15, -0.1) is 0 Å². The molecular formula is C42H38N4O. The van der Waals surface area contributed by atoms with Crippen LogP contribution in [0.4, 0.5) is 22.7 Å². The number of aromatic nitrogens is 2. The molecule has 0 radical (unpaired) electrons. The summed E-state index contributed by atoms with van der Waals surface area (Å²) in [5, 5.41) is 9.67. The van der Waals surface area contributed by atoms with Crippen LogP contribution in [0.2, 0.25) is 0 Å². The van der Waals surface area contributed by atoms with E-state index in [1.54, 1.807) is 0 Å². The number of nitrogens with zero attached hydrogens (tertiary/aromatic N) is 2. The van der Waals surface area contributed by atoms with Gasteiger partial charge in [-0.3, -0.25) is 9.97 Å². The van der Waals surface area contributed by atoms with Crippen molar-refractivity contribution in [2.75, 3.05) is 10.6 Å². The Labute approximate surface area is 276 Å². The third-order valence-electron chi connectivity index (χ3n) is 8.49. The summed E-state index contributed by atoms with van der Waals surface area (Å²) in [4.78, 5) is 9.56. The van der Waals surface area contributed by atoms with Crippen molar-refractivity contribution >= 4 is 44.6 Å².